The van der Waals surface area contributed by atoms with Crippen LogP contribution in [0.15, 0.2) is 47.1 Å². The van der Waals surface area contributed by atoms with Gasteiger partial charge in [-0.15, -0.1) is 0 Å². The van der Waals surface area contributed by atoms with Crippen molar-refractivity contribution in [2.24, 2.45) is 0 Å². The fourth-order valence-electron chi connectivity index (χ4n) is 4.36. The number of hydrogen-bond donors (Lipinski definition) is 1. The van der Waals surface area contributed by atoms with Crippen LogP contribution in [0.4, 0.5) is 0 Å². The van der Waals surface area contributed by atoms with Crippen LogP contribution in [0, 0.1) is 0 Å². The largest absolute Gasteiger partial charge is 0.491 e. The molecule has 1 atom stereocenters. The van der Waals surface area contributed by atoms with E-state index in [2.05, 4.69) is 15.9 Å². The van der Waals surface area contributed by atoms with Gasteiger partial charge in [-0.3, -0.25) is 9.69 Å². The highest BCUT2D eigenvalue weighted by Crippen LogP contribution is 2.21. The Kier molecular flexibility index (Phi) is 7.61. The number of aliphatic hydroxyl groups excluding tert-OH is 1. The van der Waals surface area contributed by atoms with Gasteiger partial charge in [0.1, 0.15) is 18.5 Å². The SMILES string of the molecule is O=C(c1ccco1)N1CCN(Cc2ccccc2OC[C@@H](O)CN2CCCCC2)CC1. The minimum Gasteiger partial charge on any atom is -0.491 e. The number of hydrogen-bond acceptors (Lipinski definition) is 6. The summed E-state index contributed by atoms with van der Waals surface area (Å²) in [6.07, 6.45) is 4.78. The van der Waals surface area contributed by atoms with Crippen molar-refractivity contribution in [1.82, 2.24) is 14.7 Å². The quantitative estimate of drug-likeness (QED) is 0.698. The third-order valence-corrected chi connectivity index (χ3v) is 6.11. The predicted octanol–water partition coefficient (Wildman–Crippen LogP) is 2.46. The van der Waals surface area contributed by atoms with Crippen molar-refractivity contribution in [3.63, 3.8) is 0 Å². The Morgan fingerprint density at radius 3 is 2.48 bits per heavy atom. The number of carbonyl (C=O) groups excluding carboxylic acids is 1. The fourth-order valence-corrected chi connectivity index (χ4v) is 4.36. The molecule has 1 aromatic heterocycles. The van der Waals surface area contributed by atoms with Gasteiger partial charge in [0.05, 0.1) is 6.26 Å². The van der Waals surface area contributed by atoms with E-state index in [4.69, 9.17) is 9.15 Å². The molecule has 0 bridgehead atoms. The number of piperidine rings is 1. The molecule has 0 radical (unpaired) electrons. The normalized spacial score (nSPS) is 19.3. The van der Waals surface area contributed by atoms with E-state index in [0.29, 0.717) is 32.0 Å². The molecule has 7 nitrogen and oxygen atoms in total. The molecule has 1 amide bonds. The first-order chi connectivity index (χ1) is 15.2. The Balaban J connectivity index is 1.25. The summed E-state index contributed by atoms with van der Waals surface area (Å²) in [6.45, 7) is 6.85. The Hall–Kier alpha value is -2.35. The lowest BCUT2D eigenvalue weighted by atomic mass is 10.1. The minimum absolute atomic E-state index is 0.0453. The van der Waals surface area contributed by atoms with Crippen molar-refractivity contribution in [1.29, 1.82) is 0 Å². The molecular weight excluding hydrogens is 394 g/mol. The molecule has 31 heavy (non-hydrogen) atoms. The molecule has 2 fully saturated rings. The van der Waals surface area contributed by atoms with E-state index in [0.717, 1.165) is 44.0 Å². The first kappa shape index (κ1) is 21.9. The highest BCUT2D eigenvalue weighted by atomic mass is 16.5. The summed E-state index contributed by atoms with van der Waals surface area (Å²) in [4.78, 5) is 18.9. The maximum atomic E-state index is 12.4. The number of rotatable bonds is 8. The molecule has 2 aliphatic heterocycles. The lowest BCUT2D eigenvalue weighted by Gasteiger charge is -2.34. The van der Waals surface area contributed by atoms with Gasteiger partial charge in [-0.25, -0.2) is 0 Å². The molecule has 4 rings (SSSR count). The van der Waals surface area contributed by atoms with Crippen LogP contribution in [0.1, 0.15) is 35.4 Å². The van der Waals surface area contributed by atoms with Crippen molar-refractivity contribution in [3.05, 3.63) is 54.0 Å². The third kappa shape index (κ3) is 6.09. The second kappa shape index (κ2) is 10.8. The highest BCUT2D eigenvalue weighted by molar-refractivity contribution is 5.91. The first-order valence-corrected chi connectivity index (χ1v) is 11.4. The Bertz CT molecular complexity index is 812. The molecule has 2 aromatic rings. The van der Waals surface area contributed by atoms with Crippen LogP contribution >= 0.6 is 0 Å². The van der Waals surface area contributed by atoms with Gasteiger partial charge in [0.15, 0.2) is 5.76 Å². The van der Waals surface area contributed by atoms with Crippen molar-refractivity contribution < 1.29 is 19.1 Å². The van der Waals surface area contributed by atoms with E-state index in [1.165, 1.54) is 25.5 Å². The minimum atomic E-state index is -0.484. The molecule has 1 N–H and O–H groups in total. The second-order valence-electron chi connectivity index (χ2n) is 8.48. The lowest BCUT2D eigenvalue weighted by molar-refractivity contribution is 0.0579. The van der Waals surface area contributed by atoms with Gasteiger partial charge in [0.2, 0.25) is 0 Å². The predicted molar refractivity (Wildman–Crippen MR) is 118 cm³/mol. The van der Waals surface area contributed by atoms with Gasteiger partial charge in [0, 0.05) is 44.8 Å². The molecule has 1 aromatic carbocycles. The van der Waals surface area contributed by atoms with E-state index in [9.17, 15) is 9.90 Å². The average Bonchev–Trinajstić information content (AvgIpc) is 3.34. The molecule has 0 unspecified atom stereocenters. The standard InChI is InChI=1S/C24H33N3O4/c28-21(18-25-10-4-1-5-11-25)19-31-22-8-3-2-7-20(22)17-26-12-14-27(15-13-26)24(29)23-9-6-16-30-23/h2-3,6-9,16,21,28H,1,4-5,10-15,17-19H2/t21-/m0/s1. The maximum absolute atomic E-state index is 12.4. The fraction of sp³-hybridized carbons (Fsp3) is 0.542. The molecule has 7 heteroatoms. The van der Waals surface area contributed by atoms with E-state index < -0.39 is 6.10 Å². The summed E-state index contributed by atoms with van der Waals surface area (Å²) in [5.41, 5.74) is 1.11. The van der Waals surface area contributed by atoms with Gasteiger partial charge in [-0.1, -0.05) is 24.6 Å². The van der Waals surface area contributed by atoms with Crippen LogP contribution in [0.25, 0.3) is 0 Å². The van der Waals surface area contributed by atoms with E-state index >= 15 is 0 Å². The summed E-state index contributed by atoms with van der Waals surface area (Å²) in [6, 6.07) is 11.5. The number of β-amino-alcohol motifs (C(OH)–C–C–N with tert-alkyl or cyclic N) is 1. The molecule has 168 valence electrons. The first-order valence-electron chi connectivity index (χ1n) is 11.4. The van der Waals surface area contributed by atoms with Crippen LogP contribution in [-0.4, -0.2) is 84.2 Å². The summed E-state index contributed by atoms with van der Waals surface area (Å²) in [7, 11) is 0. The molecule has 2 aliphatic rings. The smallest absolute Gasteiger partial charge is 0.289 e. The number of nitrogens with zero attached hydrogens (tertiary/aromatic N) is 3. The molecule has 0 spiro atoms. The van der Waals surface area contributed by atoms with Gasteiger partial charge in [0.25, 0.3) is 5.91 Å². The zero-order valence-electron chi connectivity index (χ0n) is 18.1. The zero-order valence-corrected chi connectivity index (χ0v) is 18.1. The Labute approximate surface area is 184 Å². The number of aliphatic hydroxyl groups is 1. The number of likely N-dealkylation sites (tertiary alicyclic amines) is 1. The molecule has 0 aliphatic carbocycles. The van der Waals surface area contributed by atoms with Crippen molar-refractivity contribution in [2.45, 2.75) is 31.9 Å². The number of benzene rings is 1. The Morgan fingerprint density at radius 2 is 1.74 bits per heavy atom. The Morgan fingerprint density at radius 1 is 0.968 bits per heavy atom. The molecule has 3 heterocycles. The number of para-hydroxylation sites is 1. The number of carbonyl (C=O) groups is 1. The van der Waals surface area contributed by atoms with Crippen LogP contribution < -0.4 is 4.74 Å². The monoisotopic (exact) mass is 427 g/mol. The topological polar surface area (TPSA) is 69.4 Å². The molecule has 0 saturated carbocycles. The van der Waals surface area contributed by atoms with Crippen LogP contribution in [-0.2, 0) is 6.54 Å². The summed E-state index contributed by atoms with van der Waals surface area (Å²) in [5.74, 6) is 1.18. The molecule has 2 saturated heterocycles. The zero-order chi connectivity index (χ0) is 21.5. The van der Waals surface area contributed by atoms with Crippen LogP contribution in [0.5, 0.6) is 5.75 Å². The van der Waals surface area contributed by atoms with E-state index in [1.54, 1.807) is 12.1 Å². The van der Waals surface area contributed by atoms with E-state index in [-0.39, 0.29) is 5.91 Å². The van der Waals surface area contributed by atoms with Gasteiger partial charge >= 0.3 is 0 Å². The van der Waals surface area contributed by atoms with Gasteiger partial charge in [-0.2, -0.15) is 0 Å². The average molecular weight is 428 g/mol. The van der Waals surface area contributed by atoms with Crippen LogP contribution in [0.2, 0.25) is 0 Å². The summed E-state index contributed by atoms with van der Waals surface area (Å²) >= 11 is 0. The third-order valence-electron chi connectivity index (χ3n) is 6.11. The summed E-state index contributed by atoms with van der Waals surface area (Å²) < 4.78 is 11.2. The van der Waals surface area contributed by atoms with Crippen molar-refractivity contribution in [3.8, 4) is 5.75 Å². The molecular formula is C24H33N3O4. The number of piperazine rings is 1. The van der Waals surface area contributed by atoms with Crippen LogP contribution in [0.3, 0.4) is 0 Å². The summed E-state index contributed by atoms with van der Waals surface area (Å²) in [5, 5.41) is 10.4. The maximum Gasteiger partial charge on any atom is 0.289 e. The number of amides is 1. The van der Waals surface area contributed by atoms with Gasteiger partial charge < -0.3 is 24.1 Å². The van der Waals surface area contributed by atoms with E-state index in [1.807, 2.05) is 23.1 Å². The van der Waals surface area contributed by atoms with Gasteiger partial charge in [-0.05, 0) is 44.1 Å². The van der Waals surface area contributed by atoms with Crippen molar-refractivity contribution >= 4 is 5.91 Å². The highest BCUT2D eigenvalue weighted by Gasteiger charge is 2.24. The number of ether oxygens (including phenoxy) is 1. The lowest BCUT2D eigenvalue weighted by Crippen LogP contribution is -2.48. The van der Waals surface area contributed by atoms with Crippen molar-refractivity contribution in [2.75, 3.05) is 52.4 Å². The second-order valence-corrected chi connectivity index (χ2v) is 8.48. The number of furan rings is 1.